The molecule has 1 aliphatic rings. The molecule has 0 radical (unpaired) electrons. The van der Waals surface area contributed by atoms with Crippen LogP contribution in [0.1, 0.15) is 29.7 Å². The molecule has 2 heterocycles. The minimum atomic E-state index is -3.88. The molecule has 0 bridgehead atoms. The Morgan fingerprint density at radius 1 is 1.12 bits per heavy atom. The first-order valence-corrected chi connectivity index (χ1v) is 11.3. The van der Waals surface area contributed by atoms with Gasteiger partial charge in [-0.3, -0.25) is 9.03 Å². The van der Waals surface area contributed by atoms with Gasteiger partial charge in [-0.25, -0.2) is 16.8 Å². The molecule has 3 rings (SSSR count). The first-order valence-electron chi connectivity index (χ1n) is 8.18. The van der Waals surface area contributed by atoms with Crippen molar-refractivity contribution >= 4 is 31.6 Å². The number of nitrogens with one attached hydrogen (secondary N) is 1. The van der Waals surface area contributed by atoms with E-state index in [0.717, 1.165) is 6.42 Å². The van der Waals surface area contributed by atoms with Crippen molar-refractivity contribution in [2.45, 2.75) is 38.5 Å². The highest BCUT2D eigenvalue weighted by molar-refractivity contribution is 7.93. The Labute approximate surface area is 153 Å². The molecular weight excluding hydrogens is 378 g/mol. The van der Waals surface area contributed by atoms with Crippen molar-refractivity contribution in [1.29, 1.82) is 0 Å². The molecule has 10 heteroatoms. The topological polar surface area (TPSA) is 110 Å². The molecule has 0 spiro atoms. The summed E-state index contributed by atoms with van der Waals surface area (Å²) in [6.07, 6.45) is 1.43. The molecule has 2 aromatic rings. The monoisotopic (exact) mass is 399 g/mol. The summed E-state index contributed by atoms with van der Waals surface area (Å²) in [4.78, 5) is 0.108. The lowest BCUT2D eigenvalue weighted by molar-refractivity contribution is 0.400. The molecule has 1 saturated heterocycles. The van der Waals surface area contributed by atoms with Crippen molar-refractivity contribution in [3.05, 3.63) is 35.1 Å². The van der Waals surface area contributed by atoms with Crippen LogP contribution >= 0.6 is 0 Å². The SMILES string of the molecule is Cc1cc(NS(=O)(=O)c2c(C)cc(N3CCCCS3(=O)=O)cc2C)no1. The van der Waals surface area contributed by atoms with E-state index in [1.54, 1.807) is 32.9 Å². The van der Waals surface area contributed by atoms with E-state index in [1.165, 1.54) is 10.4 Å². The molecule has 0 saturated carbocycles. The van der Waals surface area contributed by atoms with E-state index in [-0.39, 0.29) is 16.5 Å². The summed E-state index contributed by atoms with van der Waals surface area (Å²) in [5, 5.41) is 3.64. The number of aromatic nitrogens is 1. The molecule has 26 heavy (non-hydrogen) atoms. The lowest BCUT2D eigenvalue weighted by Gasteiger charge is -2.29. The second kappa shape index (κ2) is 6.58. The zero-order valence-electron chi connectivity index (χ0n) is 14.8. The number of hydrogen-bond donors (Lipinski definition) is 1. The predicted octanol–water partition coefficient (Wildman–Crippen LogP) is 2.33. The van der Waals surface area contributed by atoms with E-state index in [2.05, 4.69) is 9.88 Å². The maximum atomic E-state index is 12.7. The first-order chi connectivity index (χ1) is 12.1. The van der Waals surface area contributed by atoms with Crippen LogP contribution in [0.5, 0.6) is 0 Å². The highest BCUT2D eigenvalue weighted by Crippen LogP contribution is 2.31. The standard InChI is InChI=1S/C16H21N3O5S2/c1-11-8-14(19-6-4-5-7-25(19,20)21)9-12(2)16(11)26(22,23)18-15-10-13(3)24-17-15/h8-10H,4-7H2,1-3H3,(H,17,18). The van der Waals surface area contributed by atoms with E-state index in [4.69, 9.17) is 4.52 Å². The van der Waals surface area contributed by atoms with Crippen LogP contribution in [0.15, 0.2) is 27.6 Å². The van der Waals surface area contributed by atoms with Crippen molar-refractivity contribution in [1.82, 2.24) is 5.16 Å². The fourth-order valence-electron chi connectivity index (χ4n) is 3.18. The van der Waals surface area contributed by atoms with Crippen LogP contribution in [0.25, 0.3) is 0 Å². The van der Waals surface area contributed by atoms with E-state index in [1.807, 2.05) is 0 Å². The number of sulfonamides is 2. The van der Waals surface area contributed by atoms with E-state index >= 15 is 0 Å². The average molecular weight is 399 g/mol. The van der Waals surface area contributed by atoms with Gasteiger partial charge in [-0.2, -0.15) is 0 Å². The van der Waals surface area contributed by atoms with Crippen molar-refractivity contribution in [3.63, 3.8) is 0 Å². The van der Waals surface area contributed by atoms with Crippen molar-refractivity contribution in [3.8, 4) is 0 Å². The molecule has 0 unspecified atom stereocenters. The van der Waals surface area contributed by atoms with Crippen LogP contribution in [-0.2, 0) is 20.0 Å². The summed E-state index contributed by atoms with van der Waals surface area (Å²) >= 11 is 0. The Balaban J connectivity index is 1.99. The van der Waals surface area contributed by atoms with Crippen LogP contribution in [0, 0.1) is 20.8 Å². The third kappa shape index (κ3) is 3.56. The Kier molecular flexibility index (Phi) is 4.74. The highest BCUT2D eigenvalue weighted by Gasteiger charge is 2.28. The number of hydrogen-bond acceptors (Lipinski definition) is 6. The van der Waals surface area contributed by atoms with Gasteiger partial charge in [0, 0.05) is 12.6 Å². The number of aryl methyl sites for hydroxylation is 3. The van der Waals surface area contributed by atoms with E-state index in [0.29, 0.717) is 35.5 Å². The molecule has 1 fully saturated rings. The number of benzene rings is 1. The quantitative estimate of drug-likeness (QED) is 0.845. The van der Waals surface area contributed by atoms with Gasteiger partial charge >= 0.3 is 0 Å². The molecule has 1 aromatic heterocycles. The molecule has 1 aromatic carbocycles. The van der Waals surface area contributed by atoms with Gasteiger partial charge in [-0.1, -0.05) is 5.16 Å². The summed E-state index contributed by atoms with van der Waals surface area (Å²) in [6, 6.07) is 4.67. The summed E-state index contributed by atoms with van der Waals surface area (Å²) in [5.74, 6) is 0.698. The van der Waals surface area contributed by atoms with Gasteiger partial charge in [-0.15, -0.1) is 0 Å². The largest absolute Gasteiger partial charge is 0.360 e. The van der Waals surface area contributed by atoms with Crippen molar-refractivity contribution < 1.29 is 21.4 Å². The third-order valence-electron chi connectivity index (χ3n) is 4.22. The lowest BCUT2D eigenvalue weighted by Crippen LogP contribution is -2.38. The van der Waals surface area contributed by atoms with Gasteiger partial charge in [0.2, 0.25) is 10.0 Å². The Bertz CT molecular complexity index is 1020. The summed E-state index contributed by atoms with van der Waals surface area (Å²) in [7, 11) is -7.24. The zero-order valence-corrected chi connectivity index (χ0v) is 16.4. The second-order valence-corrected chi connectivity index (χ2v) is 10.1. The van der Waals surface area contributed by atoms with Gasteiger partial charge in [0.1, 0.15) is 5.76 Å². The summed E-state index contributed by atoms with van der Waals surface area (Å²) in [6.45, 7) is 5.37. The molecule has 0 amide bonds. The van der Waals surface area contributed by atoms with Gasteiger partial charge < -0.3 is 4.52 Å². The number of rotatable bonds is 4. The molecule has 1 aliphatic heterocycles. The zero-order chi connectivity index (χ0) is 19.1. The highest BCUT2D eigenvalue weighted by atomic mass is 32.2. The van der Waals surface area contributed by atoms with Crippen LogP contribution in [0.3, 0.4) is 0 Å². The normalized spacial score (nSPS) is 17.3. The van der Waals surface area contributed by atoms with Crippen molar-refractivity contribution in [2.24, 2.45) is 0 Å². The first kappa shape index (κ1) is 18.7. The van der Waals surface area contributed by atoms with Crippen LogP contribution in [-0.4, -0.2) is 34.3 Å². The van der Waals surface area contributed by atoms with Gasteiger partial charge in [-0.05, 0) is 56.9 Å². The molecule has 142 valence electrons. The van der Waals surface area contributed by atoms with Crippen LogP contribution < -0.4 is 9.03 Å². The number of anilines is 2. The molecular formula is C16H21N3O5S2. The Morgan fingerprint density at radius 3 is 2.31 bits per heavy atom. The Hall–Kier alpha value is -2.07. The fraction of sp³-hybridized carbons (Fsp3) is 0.438. The maximum Gasteiger partial charge on any atom is 0.263 e. The third-order valence-corrected chi connectivity index (χ3v) is 7.75. The van der Waals surface area contributed by atoms with Gasteiger partial charge in [0.15, 0.2) is 5.82 Å². The fourth-order valence-corrected chi connectivity index (χ4v) is 6.24. The molecule has 0 atom stereocenters. The van der Waals surface area contributed by atoms with Crippen LogP contribution in [0.2, 0.25) is 0 Å². The smallest absolute Gasteiger partial charge is 0.263 e. The average Bonchev–Trinajstić information content (AvgIpc) is 2.89. The lowest BCUT2D eigenvalue weighted by atomic mass is 10.1. The minimum Gasteiger partial charge on any atom is -0.360 e. The predicted molar refractivity (Wildman–Crippen MR) is 98.3 cm³/mol. The van der Waals surface area contributed by atoms with Gasteiger partial charge in [0.05, 0.1) is 16.3 Å². The second-order valence-electron chi connectivity index (χ2n) is 6.43. The van der Waals surface area contributed by atoms with E-state index < -0.39 is 20.0 Å². The minimum absolute atomic E-state index is 0.101. The summed E-state index contributed by atoms with van der Waals surface area (Å²) in [5.41, 5.74) is 1.43. The number of nitrogens with zero attached hydrogens (tertiary/aromatic N) is 2. The van der Waals surface area contributed by atoms with Crippen molar-refractivity contribution in [2.75, 3.05) is 21.3 Å². The summed E-state index contributed by atoms with van der Waals surface area (Å²) < 4.78 is 58.7. The molecule has 0 aliphatic carbocycles. The van der Waals surface area contributed by atoms with E-state index in [9.17, 15) is 16.8 Å². The molecule has 8 nitrogen and oxygen atoms in total. The maximum absolute atomic E-state index is 12.7. The van der Waals surface area contributed by atoms with Gasteiger partial charge in [0.25, 0.3) is 10.0 Å². The Morgan fingerprint density at radius 2 is 1.77 bits per heavy atom. The molecule has 1 N–H and O–H groups in total. The van der Waals surface area contributed by atoms with Crippen LogP contribution in [0.4, 0.5) is 11.5 Å².